The van der Waals surface area contributed by atoms with Crippen LogP contribution in [0.25, 0.3) is 10.2 Å². The van der Waals surface area contributed by atoms with Crippen molar-refractivity contribution in [1.29, 1.82) is 0 Å². The summed E-state index contributed by atoms with van der Waals surface area (Å²) < 4.78 is 7.33. The molecule has 4 nitrogen and oxygen atoms in total. The standard InChI is InChI=1S/C23H29N3OS/c1-15(2)27-21-13-22-20(26-16(3)28-22)12-18(21)14-25-19-10-7-11-24-23(19)17-8-5-4-6-9-17/h4-6,8-9,12-13,15,19,23-25H,7,10-11,14H2,1-3H3/t19-,23-/m0/s1. The van der Waals surface area contributed by atoms with Gasteiger partial charge >= 0.3 is 0 Å². The van der Waals surface area contributed by atoms with Crippen LogP contribution in [-0.2, 0) is 6.54 Å². The molecular weight excluding hydrogens is 366 g/mol. The first-order chi connectivity index (χ1) is 13.6. The predicted molar refractivity (Wildman–Crippen MR) is 117 cm³/mol. The number of hydrogen-bond donors (Lipinski definition) is 2. The summed E-state index contributed by atoms with van der Waals surface area (Å²) in [5.41, 5.74) is 3.60. The van der Waals surface area contributed by atoms with Gasteiger partial charge in [0.15, 0.2) is 0 Å². The van der Waals surface area contributed by atoms with Gasteiger partial charge in [-0.1, -0.05) is 30.3 Å². The van der Waals surface area contributed by atoms with E-state index < -0.39 is 0 Å². The number of rotatable bonds is 6. The Bertz CT molecular complexity index is 922. The van der Waals surface area contributed by atoms with Crippen LogP contribution in [0, 0.1) is 6.92 Å². The Kier molecular flexibility index (Phi) is 5.95. The molecule has 2 aromatic carbocycles. The molecule has 2 heterocycles. The second-order valence-corrected chi connectivity index (χ2v) is 9.03. The molecule has 4 rings (SSSR count). The lowest BCUT2D eigenvalue weighted by molar-refractivity contribution is 0.238. The van der Waals surface area contributed by atoms with Crippen LogP contribution in [0.4, 0.5) is 0 Å². The van der Waals surface area contributed by atoms with Crippen molar-refractivity contribution in [3.63, 3.8) is 0 Å². The van der Waals surface area contributed by atoms with Crippen LogP contribution in [0.2, 0.25) is 0 Å². The summed E-state index contributed by atoms with van der Waals surface area (Å²) in [6, 6.07) is 15.8. The van der Waals surface area contributed by atoms with Gasteiger partial charge in [-0.2, -0.15) is 0 Å². The predicted octanol–water partition coefficient (Wildman–Crippen LogP) is 4.97. The van der Waals surface area contributed by atoms with E-state index in [-0.39, 0.29) is 6.10 Å². The van der Waals surface area contributed by atoms with Gasteiger partial charge in [0.2, 0.25) is 0 Å². The van der Waals surface area contributed by atoms with E-state index in [1.165, 1.54) is 28.7 Å². The number of fused-ring (bicyclic) bond motifs is 1. The average molecular weight is 396 g/mol. The highest BCUT2D eigenvalue weighted by Crippen LogP contribution is 2.31. The van der Waals surface area contributed by atoms with Crippen molar-refractivity contribution >= 4 is 21.6 Å². The Morgan fingerprint density at radius 3 is 2.86 bits per heavy atom. The van der Waals surface area contributed by atoms with E-state index in [2.05, 4.69) is 78.9 Å². The molecule has 1 aliphatic rings. The van der Waals surface area contributed by atoms with Gasteiger partial charge in [-0.25, -0.2) is 4.98 Å². The smallest absolute Gasteiger partial charge is 0.125 e. The first-order valence-corrected chi connectivity index (χ1v) is 11.0. The minimum absolute atomic E-state index is 0.152. The molecular formula is C23H29N3OS. The zero-order valence-electron chi connectivity index (χ0n) is 16.9. The minimum Gasteiger partial charge on any atom is -0.491 e. The molecule has 2 atom stereocenters. The van der Waals surface area contributed by atoms with Crippen LogP contribution in [0.3, 0.4) is 0 Å². The summed E-state index contributed by atoms with van der Waals surface area (Å²) >= 11 is 1.72. The number of hydrogen-bond acceptors (Lipinski definition) is 5. The van der Waals surface area contributed by atoms with E-state index >= 15 is 0 Å². The van der Waals surface area contributed by atoms with Crippen molar-refractivity contribution in [2.24, 2.45) is 0 Å². The van der Waals surface area contributed by atoms with E-state index in [0.717, 1.165) is 29.4 Å². The van der Waals surface area contributed by atoms with Gasteiger partial charge in [0, 0.05) is 24.2 Å². The summed E-state index contributed by atoms with van der Waals surface area (Å²) in [6.45, 7) is 8.07. The molecule has 5 heteroatoms. The third kappa shape index (κ3) is 4.37. The quantitative estimate of drug-likeness (QED) is 0.618. The van der Waals surface area contributed by atoms with Crippen LogP contribution in [0.5, 0.6) is 5.75 Å². The van der Waals surface area contributed by atoms with Crippen molar-refractivity contribution < 1.29 is 4.74 Å². The highest BCUT2D eigenvalue weighted by atomic mass is 32.1. The van der Waals surface area contributed by atoms with Gasteiger partial charge in [0.25, 0.3) is 0 Å². The van der Waals surface area contributed by atoms with Crippen molar-refractivity contribution in [3.05, 3.63) is 58.6 Å². The Hall–Kier alpha value is -1.95. The highest BCUT2D eigenvalue weighted by molar-refractivity contribution is 7.18. The molecule has 1 fully saturated rings. The topological polar surface area (TPSA) is 46.2 Å². The lowest BCUT2D eigenvalue weighted by Crippen LogP contribution is -2.45. The van der Waals surface area contributed by atoms with Crippen molar-refractivity contribution in [2.75, 3.05) is 6.54 Å². The number of thiazole rings is 1. The number of ether oxygens (including phenoxy) is 1. The third-order valence-electron chi connectivity index (χ3n) is 5.21. The molecule has 1 saturated heterocycles. The van der Waals surface area contributed by atoms with E-state index in [1.54, 1.807) is 11.3 Å². The molecule has 0 saturated carbocycles. The molecule has 0 unspecified atom stereocenters. The van der Waals surface area contributed by atoms with E-state index in [9.17, 15) is 0 Å². The maximum Gasteiger partial charge on any atom is 0.125 e. The fraction of sp³-hybridized carbons (Fsp3) is 0.435. The molecule has 2 N–H and O–H groups in total. The van der Waals surface area contributed by atoms with Gasteiger partial charge in [-0.15, -0.1) is 11.3 Å². The molecule has 0 amide bonds. The number of piperidine rings is 1. The Labute approximate surface area is 171 Å². The molecule has 0 radical (unpaired) electrons. The molecule has 3 aromatic rings. The number of benzene rings is 2. The molecule has 148 valence electrons. The SMILES string of the molecule is Cc1nc2cc(CN[C@H]3CCCN[C@H]3c3ccccc3)c(OC(C)C)cc2s1. The summed E-state index contributed by atoms with van der Waals surface area (Å²) in [5, 5.41) is 8.60. The van der Waals surface area contributed by atoms with Crippen LogP contribution in [-0.4, -0.2) is 23.7 Å². The Morgan fingerprint density at radius 1 is 1.25 bits per heavy atom. The van der Waals surface area contributed by atoms with Crippen molar-refractivity contribution in [1.82, 2.24) is 15.6 Å². The van der Waals surface area contributed by atoms with Crippen LogP contribution in [0.15, 0.2) is 42.5 Å². The maximum atomic E-state index is 6.14. The zero-order valence-corrected chi connectivity index (χ0v) is 17.7. The molecule has 0 aliphatic carbocycles. The van der Waals surface area contributed by atoms with Gasteiger partial charge in [-0.05, 0) is 57.9 Å². The number of nitrogens with one attached hydrogen (secondary N) is 2. The molecule has 28 heavy (non-hydrogen) atoms. The highest BCUT2D eigenvalue weighted by Gasteiger charge is 2.26. The van der Waals surface area contributed by atoms with E-state index in [1.807, 2.05) is 0 Å². The minimum atomic E-state index is 0.152. The van der Waals surface area contributed by atoms with Gasteiger partial charge in [0.1, 0.15) is 5.75 Å². The normalized spacial score (nSPS) is 20.0. The van der Waals surface area contributed by atoms with Gasteiger partial charge in [-0.3, -0.25) is 0 Å². The molecule has 1 aromatic heterocycles. The van der Waals surface area contributed by atoms with Crippen LogP contribution < -0.4 is 15.4 Å². The first-order valence-electron chi connectivity index (χ1n) is 10.2. The monoisotopic (exact) mass is 395 g/mol. The number of aryl methyl sites for hydroxylation is 1. The van der Waals surface area contributed by atoms with Crippen LogP contribution >= 0.6 is 11.3 Å². The average Bonchev–Trinajstić information content (AvgIpc) is 3.05. The summed E-state index contributed by atoms with van der Waals surface area (Å²) in [5.74, 6) is 0.971. The fourth-order valence-corrected chi connectivity index (χ4v) is 4.81. The second-order valence-electron chi connectivity index (χ2n) is 7.80. The van der Waals surface area contributed by atoms with Gasteiger partial charge in [0.05, 0.1) is 21.3 Å². The molecule has 1 aliphatic heterocycles. The largest absolute Gasteiger partial charge is 0.491 e. The number of nitrogens with zero attached hydrogens (tertiary/aromatic N) is 1. The fourth-order valence-electron chi connectivity index (χ4n) is 3.98. The summed E-state index contributed by atoms with van der Waals surface area (Å²) in [6.07, 6.45) is 2.52. The lowest BCUT2D eigenvalue weighted by atomic mass is 9.92. The maximum absolute atomic E-state index is 6.14. The van der Waals surface area contributed by atoms with E-state index in [0.29, 0.717) is 12.1 Å². The van der Waals surface area contributed by atoms with Crippen LogP contribution in [0.1, 0.15) is 48.9 Å². The third-order valence-corrected chi connectivity index (χ3v) is 6.15. The molecule has 0 spiro atoms. The number of aromatic nitrogens is 1. The first kappa shape index (κ1) is 19.4. The summed E-state index contributed by atoms with van der Waals surface area (Å²) in [7, 11) is 0. The Balaban J connectivity index is 1.56. The van der Waals surface area contributed by atoms with E-state index in [4.69, 9.17) is 4.74 Å². The Morgan fingerprint density at radius 2 is 2.07 bits per heavy atom. The summed E-state index contributed by atoms with van der Waals surface area (Å²) in [4.78, 5) is 4.67. The molecule has 0 bridgehead atoms. The van der Waals surface area contributed by atoms with Crippen molar-refractivity contribution in [2.45, 2.75) is 58.3 Å². The lowest BCUT2D eigenvalue weighted by Gasteiger charge is -2.34. The zero-order chi connectivity index (χ0) is 19.5. The second kappa shape index (κ2) is 8.60. The van der Waals surface area contributed by atoms with Crippen molar-refractivity contribution in [3.8, 4) is 5.75 Å². The van der Waals surface area contributed by atoms with Gasteiger partial charge < -0.3 is 15.4 Å².